The minimum absolute atomic E-state index is 0.0182. The lowest BCUT2D eigenvalue weighted by molar-refractivity contribution is -0.139. The van der Waals surface area contributed by atoms with Crippen molar-refractivity contribution in [2.45, 2.75) is 31.3 Å². The van der Waals surface area contributed by atoms with E-state index >= 15 is 0 Å². The number of amides is 3. The molecule has 0 radical (unpaired) electrons. The van der Waals surface area contributed by atoms with Crippen molar-refractivity contribution in [3.05, 3.63) is 69.2 Å². The van der Waals surface area contributed by atoms with E-state index in [4.69, 9.17) is 23.2 Å². The Morgan fingerprint density at radius 1 is 1.07 bits per heavy atom. The number of fused-ring (bicyclic) bond motifs is 1. The van der Waals surface area contributed by atoms with Crippen molar-refractivity contribution >= 4 is 41.1 Å². The minimum Gasteiger partial charge on any atom is -0.480 e. The predicted molar refractivity (Wildman–Crippen MR) is 114 cm³/mol. The first kappa shape index (κ1) is 21.9. The van der Waals surface area contributed by atoms with Gasteiger partial charge >= 0.3 is 12.0 Å². The molecule has 30 heavy (non-hydrogen) atoms. The second-order valence-electron chi connectivity index (χ2n) is 6.96. The van der Waals surface area contributed by atoms with Gasteiger partial charge in [0.25, 0.3) is 5.91 Å². The van der Waals surface area contributed by atoms with Crippen molar-refractivity contribution in [1.82, 2.24) is 16.0 Å². The van der Waals surface area contributed by atoms with Gasteiger partial charge in [-0.25, -0.2) is 9.59 Å². The molecular weight excluding hydrogens is 429 g/mol. The Hall–Kier alpha value is -2.77. The lowest BCUT2D eigenvalue weighted by Gasteiger charge is -2.26. The molecule has 3 amide bonds. The molecule has 7 nitrogen and oxygen atoms in total. The molecule has 2 aromatic carbocycles. The van der Waals surface area contributed by atoms with Gasteiger partial charge < -0.3 is 21.1 Å². The number of carbonyl (C=O) groups is 3. The molecule has 2 atom stereocenters. The van der Waals surface area contributed by atoms with Crippen LogP contribution in [0, 0.1) is 0 Å². The first-order valence-electron chi connectivity index (χ1n) is 9.46. The fraction of sp³-hybridized carbons (Fsp3) is 0.286. The number of hydrogen-bond donors (Lipinski definition) is 4. The smallest absolute Gasteiger partial charge is 0.328 e. The molecule has 1 unspecified atom stereocenters. The third-order valence-corrected chi connectivity index (χ3v) is 5.56. The first-order valence-corrected chi connectivity index (χ1v) is 10.2. The SMILES string of the molecule is O=C(NC[C@H](NC(=O)c1c(Cl)cccc1Cl)C(=O)O)NC1CCCc2ccccc21. The number of nitrogens with one attached hydrogen (secondary N) is 3. The zero-order valence-corrected chi connectivity index (χ0v) is 17.5. The number of aryl methyl sites for hydroxylation is 1. The lowest BCUT2D eigenvalue weighted by atomic mass is 9.88. The molecule has 0 heterocycles. The zero-order valence-electron chi connectivity index (χ0n) is 16.0. The third-order valence-electron chi connectivity index (χ3n) is 4.93. The predicted octanol–water partition coefficient (Wildman–Crippen LogP) is 3.55. The molecule has 0 saturated heterocycles. The number of carboxylic acid groups (broad SMARTS) is 1. The summed E-state index contributed by atoms with van der Waals surface area (Å²) in [5.74, 6) is -2.03. The van der Waals surface area contributed by atoms with Crippen LogP contribution >= 0.6 is 23.2 Å². The van der Waals surface area contributed by atoms with Crippen LogP contribution in [0.15, 0.2) is 42.5 Å². The third kappa shape index (κ3) is 5.23. The molecule has 2 aromatic rings. The average molecular weight is 450 g/mol. The van der Waals surface area contributed by atoms with Crippen LogP contribution in [0.3, 0.4) is 0 Å². The molecule has 0 aromatic heterocycles. The Labute approximate surface area is 183 Å². The Morgan fingerprint density at radius 2 is 1.77 bits per heavy atom. The standard InChI is InChI=1S/C21H21Cl2N3O4/c22-14-8-4-9-15(23)18(14)19(27)25-17(20(28)29)11-24-21(30)26-16-10-3-6-12-5-1-2-7-13(12)16/h1-2,4-5,7-9,16-17H,3,6,10-11H2,(H,25,27)(H,28,29)(H2,24,26,30)/t16?,17-/m0/s1. The molecule has 1 aliphatic carbocycles. The van der Waals surface area contributed by atoms with E-state index in [1.165, 1.54) is 17.7 Å². The quantitative estimate of drug-likeness (QED) is 0.540. The van der Waals surface area contributed by atoms with Gasteiger partial charge in [-0.2, -0.15) is 0 Å². The number of hydrogen-bond acceptors (Lipinski definition) is 3. The highest BCUT2D eigenvalue weighted by Gasteiger charge is 2.25. The van der Waals surface area contributed by atoms with E-state index in [9.17, 15) is 19.5 Å². The summed E-state index contributed by atoms with van der Waals surface area (Å²) in [4.78, 5) is 36.3. The Kier molecular flexibility index (Phi) is 7.18. The van der Waals surface area contributed by atoms with Gasteiger partial charge in [0.2, 0.25) is 0 Å². The fourth-order valence-corrected chi connectivity index (χ4v) is 4.02. The number of carboxylic acids is 1. The van der Waals surface area contributed by atoms with Crippen LogP contribution in [0.5, 0.6) is 0 Å². The van der Waals surface area contributed by atoms with E-state index in [-0.39, 0.29) is 28.2 Å². The molecule has 1 aliphatic rings. The highest BCUT2D eigenvalue weighted by molar-refractivity contribution is 6.39. The summed E-state index contributed by atoms with van der Waals surface area (Å²) in [7, 11) is 0. The van der Waals surface area contributed by atoms with Crippen LogP contribution in [0.4, 0.5) is 4.79 Å². The Bertz CT molecular complexity index is 947. The van der Waals surface area contributed by atoms with E-state index in [0.29, 0.717) is 0 Å². The van der Waals surface area contributed by atoms with Gasteiger partial charge in [-0.15, -0.1) is 0 Å². The van der Waals surface area contributed by atoms with Gasteiger partial charge in [0.15, 0.2) is 0 Å². The molecule has 0 saturated carbocycles. The molecule has 4 N–H and O–H groups in total. The van der Waals surface area contributed by atoms with E-state index < -0.39 is 23.9 Å². The van der Waals surface area contributed by atoms with Crippen molar-refractivity contribution in [2.24, 2.45) is 0 Å². The van der Waals surface area contributed by atoms with Crippen molar-refractivity contribution in [1.29, 1.82) is 0 Å². The largest absolute Gasteiger partial charge is 0.480 e. The highest BCUT2D eigenvalue weighted by Crippen LogP contribution is 2.29. The van der Waals surface area contributed by atoms with Crippen LogP contribution in [0.1, 0.15) is 40.4 Å². The van der Waals surface area contributed by atoms with Crippen LogP contribution in [-0.2, 0) is 11.2 Å². The van der Waals surface area contributed by atoms with Gasteiger partial charge in [0.05, 0.1) is 28.2 Å². The minimum atomic E-state index is -1.35. The van der Waals surface area contributed by atoms with Crippen molar-refractivity contribution in [3.8, 4) is 0 Å². The summed E-state index contributed by atoms with van der Waals surface area (Å²) in [6.45, 7) is -0.302. The molecule has 0 aliphatic heterocycles. The van der Waals surface area contributed by atoms with Crippen LogP contribution in [-0.4, -0.2) is 35.6 Å². The molecule has 0 fully saturated rings. The van der Waals surface area contributed by atoms with E-state index in [1.54, 1.807) is 6.07 Å². The molecule has 158 valence electrons. The number of benzene rings is 2. The molecule has 9 heteroatoms. The number of rotatable bonds is 6. The summed E-state index contributed by atoms with van der Waals surface area (Å²) in [5.41, 5.74) is 2.24. The highest BCUT2D eigenvalue weighted by atomic mass is 35.5. The number of halogens is 2. The van der Waals surface area contributed by atoms with Crippen LogP contribution in [0.2, 0.25) is 10.0 Å². The maximum atomic E-state index is 12.4. The van der Waals surface area contributed by atoms with Crippen molar-refractivity contribution in [2.75, 3.05) is 6.54 Å². The molecule has 0 bridgehead atoms. The molecular formula is C21H21Cl2N3O4. The van der Waals surface area contributed by atoms with Crippen LogP contribution < -0.4 is 16.0 Å². The monoisotopic (exact) mass is 449 g/mol. The Balaban J connectivity index is 1.59. The van der Waals surface area contributed by atoms with Gasteiger partial charge in [-0.3, -0.25) is 4.79 Å². The number of carbonyl (C=O) groups excluding carboxylic acids is 2. The number of aliphatic carboxylic acids is 1. The van der Waals surface area contributed by atoms with E-state index in [2.05, 4.69) is 16.0 Å². The summed E-state index contributed by atoms with van der Waals surface area (Å²) in [5, 5.41) is 17.4. The lowest BCUT2D eigenvalue weighted by Crippen LogP contribution is -2.50. The maximum Gasteiger partial charge on any atom is 0.328 e. The zero-order chi connectivity index (χ0) is 21.7. The average Bonchev–Trinajstić information content (AvgIpc) is 2.71. The number of urea groups is 1. The Morgan fingerprint density at radius 3 is 2.47 bits per heavy atom. The second-order valence-corrected chi connectivity index (χ2v) is 7.77. The molecule has 3 rings (SSSR count). The summed E-state index contributed by atoms with van der Waals surface area (Å²) in [6.07, 6.45) is 2.72. The topological polar surface area (TPSA) is 108 Å². The summed E-state index contributed by atoms with van der Waals surface area (Å²) < 4.78 is 0. The van der Waals surface area contributed by atoms with Gasteiger partial charge in [0.1, 0.15) is 6.04 Å². The van der Waals surface area contributed by atoms with Crippen molar-refractivity contribution in [3.63, 3.8) is 0 Å². The van der Waals surface area contributed by atoms with Gasteiger partial charge in [-0.1, -0.05) is 53.5 Å². The fourth-order valence-electron chi connectivity index (χ4n) is 3.45. The summed E-state index contributed by atoms with van der Waals surface area (Å²) >= 11 is 12.0. The van der Waals surface area contributed by atoms with Crippen LogP contribution in [0.25, 0.3) is 0 Å². The maximum absolute atomic E-state index is 12.4. The van der Waals surface area contributed by atoms with Crippen molar-refractivity contribution < 1.29 is 19.5 Å². The van der Waals surface area contributed by atoms with Gasteiger partial charge in [-0.05, 0) is 42.5 Å². The second kappa shape index (κ2) is 9.82. The molecule has 0 spiro atoms. The summed E-state index contributed by atoms with van der Waals surface area (Å²) in [6, 6.07) is 10.4. The normalized spacial score (nSPS) is 16.1. The van der Waals surface area contributed by atoms with Gasteiger partial charge in [0, 0.05) is 0 Å². The van der Waals surface area contributed by atoms with E-state index in [1.807, 2.05) is 24.3 Å². The van der Waals surface area contributed by atoms with E-state index in [0.717, 1.165) is 24.8 Å². The first-order chi connectivity index (χ1) is 14.4.